The van der Waals surface area contributed by atoms with Crippen molar-refractivity contribution in [3.63, 3.8) is 0 Å². The van der Waals surface area contributed by atoms with Crippen molar-refractivity contribution in [3.8, 4) is 11.8 Å². The molecular formula is C29H32ClF6N7O3. The highest BCUT2D eigenvalue weighted by Crippen LogP contribution is 2.35. The van der Waals surface area contributed by atoms with Crippen molar-refractivity contribution in [1.29, 1.82) is 5.26 Å². The number of aromatic nitrogens is 4. The minimum atomic E-state index is -4.97. The molecule has 1 aliphatic rings. The van der Waals surface area contributed by atoms with E-state index < -0.39 is 35.7 Å². The van der Waals surface area contributed by atoms with E-state index in [1.165, 1.54) is 36.2 Å². The van der Waals surface area contributed by atoms with Crippen LogP contribution in [0, 0.1) is 23.2 Å². The molecule has 10 nitrogen and oxygen atoms in total. The minimum Gasteiger partial charge on any atom is -0.481 e. The number of aliphatic carboxylic acids is 1. The van der Waals surface area contributed by atoms with Crippen LogP contribution in [0.5, 0.6) is 5.75 Å². The highest BCUT2D eigenvalue weighted by molar-refractivity contribution is 5.85. The van der Waals surface area contributed by atoms with Gasteiger partial charge >= 0.3 is 18.5 Å². The summed E-state index contributed by atoms with van der Waals surface area (Å²) in [6.07, 6.45) is -7.30. The van der Waals surface area contributed by atoms with Gasteiger partial charge in [0.25, 0.3) is 5.95 Å². The molecule has 0 bridgehead atoms. The highest BCUT2D eigenvalue weighted by atomic mass is 35.5. The Bertz CT molecular complexity index is 1530. The molecular weight excluding hydrogens is 644 g/mol. The van der Waals surface area contributed by atoms with Crippen molar-refractivity contribution in [2.45, 2.75) is 58.2 Å². The average molecular weight is 676 g/mol. The van der Waals surface area contributed by atoms with Crippen LogP contribution >= 0.6 is 12.4 Å². The van der Waals surface area contributed by atoms with E-state index in [1.54, 1.807) is 6.07 Å². The molecule has 0 radical (unpaired) electrons. The molecule has 0 aliphatic heterocycles. The molecule has 1 heterocycles. The number of carboxylic acids is 1. The van der Waals surface area contributed by atoms with Gasteiger partial charge in [-0.25, -0.2) is 0 Å². The maximum Gasteiger partial charge on any atom is 0.573 e. The molecule has 1 aromatic heterocycles. The van der Waals surface area contributed by atoms with E-state index in [0.717, 1.165) is 16.9 Å². The number of aryl methyl sites for hydroxylation is 1. The summed E-state index contributed by atoms with van der Waals surface area (Å²) in [4.78, 5) is 15.9. The minimum absolute atomic E-state index is 0. The maximum atomic E-state index is 13.6. The van der Waals surface area contributed by atoms with Crippen molar-refractivity contribution in [2.24, 2.45) is 18.9 Å². The van der Waals surface area contributed by atoms with Crippen LogP contribution in [0.25, 0.3) is 0 Å². The van der Waals surface area contributed by atoms with Gasteiger partial charge in [0, 0.05) is 31.9 Å². The SMILES string of the molecule is CCN(CC1CCC(C(=O)O)CC1)c1ccc(OC(F)(F)F)cc1CN(Cc1cc(C#N)cc(C(F)(F)F)c1)c1nnn(C)n1.Cl. The summed E-state index contributed by atoms with van der Waals surface area (Å²) in [5, 5.41) is 30.7. The number of anilines is 2. The molecule has 1 fully saturated rings. The molecule has 1 saturated carbocycles. The molecule has 0 atom stereocenters. The van der Waals surface area contributed by atoms with E-state index in [0.29, 0.717) is 50.0 Å². The van der Waals surface area contributed by atoms with Crippen LogP contribution in [0.3, 0.4) is 0 Å². The van der Waals surface area contributed by atoms with Crippen molar-refractivity contribution in [2.75, 3.05) is 22.9 Å². The van der Waals surface area contributed by atoms with Crippen LogP contribution in [0.15, 0.2) is 36.4 Å². The molecule has 1 N–H and O–H groups in total. The largest absolute Gasteiger partial charge is 0.573 e. The number of halogens is 7. The number of alkyl halides is 6. The standard InChI is InChI=1S/C29H31F6N7O3.ClH/c1-3-41(15-18-4-6-21(7-5-18)26(43)44)25-9-8-24(45-29(33,34)35)13-22(25)17-42(27-37-39-40(2)38-27)16-20-10-19(14-36)11-23(12-20)28(30,31)32;/h8-13,18,21H,3-7,15-17H2,1-2H3,(H,43,44);1H. The Morgan fingerprint density at radius 3 is 2.30 bits per heavy atom. The Hall–Kier alpha value is -4.26. The molecule has 0 amide bonds. The summed E-state index contributed by atoms with van der Waals surface area (Å²) in [6.45, 7) is 2.46. The molecule has 2 aromatic carbocycles. The number of ether oxygens (including phenoxy) is 1. The van der Waals surface area contributed by atoms with Gasteiger partial charge < -0.3 is 19.6 Å². The van der Waals surface area contributed by atoms with Gasteiger partial charge in [0.15, 0.2) is 0 Å². The Morgan fingerprint density at radius 2 is 1.76 bits per heavy atom. The number of carbonyl (C=O) groups is 1. The summed E-state index contributed by atoms with van der Waals surface area (Å²) in [5.74, 6) is -1.58. The lowest BCUT2D eigenvalue weighted by molar-refractivity contribution is -0.274. The van der Waals surface area contributed by atoms with Gasteiger partial charge in [0.2, 0.25) is 0 Å². The van der Waals surface area contributed by atoms with E-state index >= 15 is 0 Å². The fraction of sp³-hybridized carbons (Fsp3) is 0.483. The van der Waals surface area contributed by atoms with Crippen LogP contribution in [0.1, 0.15) is 54.9 Å². The van der Waals surface area contributed by atoms with Gasteiger partial charge in [-0.1, -0.05) is 5.10 Å². The van der Waals surface area contributed by atoms with Gasteiger partial charge in [0.1, 0.15) is 5.75 Å². The first-order valence-electron chi connectivity index (χ1n) is 14.1. The van der Waals surface area contributed by atoms with E-state index in [4.69, 9.17) is 0 Å². The Morgan fingerprint density at radius 1 is 1.07 bits per heavy atom. The lowest BCUT2D eigenvalue weighted by atomic mass is 9.81. The predicted molar refractivity (Wildman–Crippen MR) is 156 cm³/mol. The molecule has 1 aliphatic carbocycles. The quantitative estimate of drug-likeness (QED) is 0.232. The zero-order chi connectivity index (χ0) is 32.9. The summed E-state index contributed by atoms with van der Waals surface area (Å²) in [5.41, 5.74) is -0.246. The van der Waals surface area contributed by atoms with Crippen LogP contribution in [0.4, 0.5) is 38.0 Å². The topological polar surface area (TPSA) is 120 Å². The fourth-order valence-electron chi connectivity index (χ4n) is 5.53. The Balaban J connectivity index is 0.00000576. The monoisotopic (exact) mass is 675 g/mol. The Kier molecular flexibility index (Phi) is 11.7. The predicted octanol–water partition coefficient (Wildman–Crippen LogP) is 6.35. The van der Waals surface area contributed by atoms with E-state index in [9.17, 15) is 41.5 Å². The third-order valence-corrected chi connectivity index (χ3v) is 7.65. The molecule has 0 unspecified atom stereocenters. The third kappa shape index (κ3) is 9.62. The molecule has 46 heavy (non-hydrogen) atoms. The summed E-state index contributed by atoms with van der Waals surface area (Å²) < 4.78 is 84.6. The van der Waals surface area contributed by atoms with E-state index in [1.807, 2.05) is 11.8 Å². The van der Waals surface area contributed by atoms with Crippen LogP contribution in [-0.2, 0) is 31.1 Å². The second kappa shape index (κ2) is 14.9. The van der Waals surface area contributed by atoms with Crippen molar-refractivity contribution >= 4 is 30.0 Å². The van der Waals surface area contributed by atoms with Crippen molar-refractivity contribution in [3.05, 3.63) is 58.7 Å². The zero-order valence-corrected chi connectivity index (χ0v) is 25.7. The van der Waals surface area contributed by atoms with Gasteiger partial charge in [-0.15, -0.1) is 30.7 Å². The number of nitrogens with zero attached hydrogens (tertiary/aromatic N) is 7. The number of hydrogen-bond acceptors (Lipinski definition) is 8. The molecule has 0 spiro atoms. The number of benzene rings is 2. The first-order chi connectivity index (χ1) is 21.1. The summed E-state index contributed by atoms with van der Waals surface area (Å²) in [6, 6.07) is 8.52. The van der Waals surface area contributed by atoms with Crippen molar-refractivity contribution in [1.82, 2.24) is 20.2 Å². The number of nitriles is 1. The summed E-state index contributed by atoms with van der Waals surface area (Å²) in [7, 11) is 1.48. The lowest BCUT2D eigenvalue weighted by Crippen LogP contribution is -2.34. The van der Waals surface area contributed by atoms with Crippen LogP contribution in [-0.4, -0.2) is 50.7 Å². The molecule has 250 valence electrons. The third-order valence-electron chi connectivity index (χ3n) is 7.65. The smallest absolute Gasteiger partial charge is 0.481 e. The second-order valence-electron chi connectivity index (χ2n) is 10.9. The first-order valence-corrected chi connectivity index (χ1v) is 14.1. The normalized spacial score (nSPS) is 16.7. The number of hydrogen-bond donors (Lipinski definition) is 1. The second-order valence-corrected chi connectivity index (χ2v) is 10.9. The molecule has 0 saturated heterocycles. The van der Waals surface area contributed by atoms with Gasteiger partial charge in [-0.3, -0.25) is 4.79 Å². The highest BCUT2D eigenvalue weighted by Gasteiger charge is 2.33. The lowest BCUT2D eigenvalue weighted by Gasteiger charge is -2.34. The molecule has 3 aromatic rings. The van der Waals surface area contributed by atoms with Gasteiger partial charge in [-0.05, 0) is 91.3 Å². The zero-order valence-electron chi connectivity index (χ0n) is 24.8. The summed E-state index contributed by atoms with van der Waals surface area (Å²) >= 11 is 0. The number of rotatable bonds is 11. The van der Waals surface area contributed by atoms with Crippen LogP contribution < -0.4 is 14.5 Å². The number of tetrazole rings is 1. The first kappa shape index (κ1) is 36.2. The molecule has 4 rings (SSSR count). The average Bonchev–Trinajstić information content (AvgIpc) is 3.41. The van der Waals surface area contributed by atoms with Gasteiger partial charge in [0.05, 0.1) is 30.2 Å². The Labute approximate surface area is 266 Å². The van der Waals surface area contributed by atoms with Crippen molar-refractivity contribution < 1.29 is 41.0 Å². The maximum absolute atomic E-state index is 13.6. The number of carboxylic acid groups (broad SMARTS) is 1. The van der Waals surface area contributed by atoms with E-state index in [-0.39, 0.29) is 48.5 Å². The van der Waals surface area contributed by atoms with E-state index in [2.05, 4.69) is 20.1 Å². The molecule has 17 heteroatoms. The van der Waals surface area contributed by atoms with Crippen LogP contribution in [0.2, 0.25) is 0 Å². The fourth-order valence-corrected chi connectivity index (χ4v) is 5.53. The van der Waals surface area contributed by atoms with Gasteiger partial charge in [-0.2, -0.15) is 23.2 Å².